The number of amides is 2. The van der Waals surface area contributed by atoms with Crippen molar-refractivity contribution in [2.75, 3.05) is 33.4 Å². The maximum atomic E-state index is 12.2. The van der Waals surface area contributed by atoms with Gasteiger partial charge in [0.05, 0.1) is 24.1 Å². The monoisotopic (exact) mass is 367 g/mol. The molecule has 0 aromatic heterocycles. The number of nitro groups is 1. The predicted molar refractivity (Wildman–Crippen MR) is 90.9 cm³/mol. The Labute approximate surface area is 150 Å². The number of esters is 1. The zero-order valence-corrected chi connectivity index (χ0v) is 14.8. The molecule has 1 N–H and O–H groups in total. The van der Waals surface area contributed by atoms with Crippen LogP contribution in [0.5, 0.6) is 5.75 Å². The molecule has 1 rings (SSSR count). The fourth-order valence-corrected chi connectivity index (χ4v) is 2.06. The van der Waals surface area contributed by atoms with Crippen LogP contribution in [0.25, 0.3) is 0 Å². The van der Waals surface area contributed by atoms with Crippen LogP contribution in [0.3, 0.4) is 0 Å². The maximum absolute atomic E-state index is 12.2. The number of benzene rings is 1. The van der Waals surface area contributed by atoms with E-state index in [0.717, 1.165) is 13.2 Å². The van der Waals surface area contributed by atoms with Crippen molar-refractivity contribution in [3.05, 3.63) is 33.9 Å². The number of carbonyl (C=O) groups excluding carboxylic acids is 3. The number of hydrogen-bond acceptors (Lipinski definition) is 7. The van der Waals surface area contributed by atoms with Crippen molar-refractivity contribution in [1.29, 1.82) is 0 Å². The highest BCUT2D eigenvalue weighted by Crippen LogP contribution is 2.28. The first-order valence-electron chi connectivity index (χ1n) is 7.88. The lowest BCUT2D eigenvalue weighted by molar-refractivity contribution is -0.385. The first-order valence-corrected chi connectivity index (χ1v) is 7.88. The highest BCUT2D eigenvalue weighted by atomic mass is 16.6. The first-order chi connectivity index (χ1) is 12.3. The van der Waals surface area contributed by atoms with E-state index >= 15 is 0 Å². The van der Waals surface area contributed by atoms with Crippen molar-refractivity contribution in [2.45, 2.75) is 13.8 Å². The summed E-state index contributed by atoms with van der Waals surface area (Å²) < 4.78 is 9.75. The highest BCUT2D eigenvalue weighted by molar-refractivity contribution is 5.90. The topological polar surface area (TPSA) is 128 Å². The molecular formula is C16H21N3O7. The molecule has 0 unspecified atom stereocenters. The molecule has 1 aromatic rings. The molecule has 10 heteroatoms. The molecule has 142 valence electrons. The molecule has 2 amide bonds. The molecule has 1 aromatic carbocycles. The van der Waals surface area contributed by atoms with E-state index in [0.29, 0.717) is 6.54 Å². The lowest BCUT2D eigenvalue weighted by Gasteiger charge is -2.20. The summed E-state index contributed by atoms with van der Waals surface area (Å²) >= 11 is 0. The zero-order chi connectivity index (χ0) is 19.7. The van der Waals surface area contributed by atoms with E-state index in [4.69, 9.17) is 4.74 Å². The third-order valence-electron chi connectivity index (χ3n) is 3.37. The van der Waals surface area contributed by atoms with Gasteiger partial charge in [-0.15, -0.1) is 0 Å². The number of hydrogen-bond donors (Lipinski definition) is 1. The van der Waals surface area contributed by atoms with Crippen molar-refractivity contribution in [2.24, 2.45) is 0 Å². The van der Waals surface area contributed by atoms with Crippen LogP contribution in [0.1, 0.15) is 24.2 Å². The normalized spacial score (nSPS) is 9.96. The van der Waals surface area contributed by atoms with Crippen molar-refractivity contribution in [3.63, 3.8) is 0 Å². The van der Waals surface area contributed by atoms with Crippen LogP contribution in [-0.2, 0) is 14.3 Å². The van der Waals surface area contributed by atoms with Crippen LogP contribution in [-0.4, -0.2) is 61.0 Å². The number of ether oxygens (including phenoxy) is 2. The summed E-state index contributed by atoms with van der Waals surface area (Å²) in [5.74, 6) is -1.69. The van der Waals surface area contributed by atoms with Crippen LogP contribution in [0, 0.1) is 10.1 Å². The quantitative estimate of drug-likeness (QED) is 0.387. The predicted octanol–water partition coefficient (Wildman–Crippen LogP) is 0.745. The van der Waals surface area contributed by atoms with E-state index in [1.54, 1.807) is 13.8 Å². The summed E-state index contributed by atoms with van der Waals surface area (Å²) in [5, 5.41) is 13.7. The van der Waals surface area contributed by atoms with Crippen molar-refractivity contribution in [1.82, 2.24) is 10.2 Å². The number of nitrogens with one attached hydrogen (secondary N) is 1. The molecule has 0 aliphatic rings. The number of carbonyl (C=O) groups is 3. The molecule has 0 radical (unpaired) electrons. The number of methoxy groups -OCH3 is 1. The Bertz CT molecular complexity index is 690. The fraction of sp³-hybridized carbons (Fsp3) is 0.438. The molecule has 0 atom stereocenters. The minimum atomic E-state index is -0.727. The summed E-state index contributed by atoms with van der Waals surface area (Å²) in [4.78, 5) is 46.9. The van der Waals surface area contributed by atoms with Gasteiger partial charge in [-0.1, -0.05) is 0 Å². The largest absolute Gasteiger partial charge is 0.477 e. The van der Waals surface area contributed by atoms with Crippen LogP contribution in [0.2, 0.25) is 0 Å². The molecule has 0 saturated heterocycles. The molecule has 0 spiro atoms. The van der Waals surface area contributed by atoms with Gasteiger partial charge in [0.15, 0.2) is 12.4 Å². The molecule has 0 fully saturated rings. The van der Waals surface area contributed by atoms with Crippen LogP contribution < -0.4 is 10.1 Å². The smallest absolute Gasteiger partial charge is 0.338 e. The Hall–Kier alpha value is -3.17. The van der Waals surface area contributed by atoms with E-state index in [9.17, 15) is 24.5 Å². The van der Waals surface area contributed by atoms with Gasteiger partial charge in [0.2, 0.25) is 5.91 Å². The molecule has 0 aliphatic heterocycles. The standard InChI is InChI=1S/C16H21N3O7/c1-4-17-14(20)9-18(5-2)15(21)10-26-13-7-6-11(16(22)25-3)8-12(13)19(23)24/h6-8H,4-5,9-10H2,1-3H3,(H,17,20). The van der Waals surface area contributed by atoms with Gasteiger partial charge in [0.25, 0.3) is 5.91 Å². The van der Waals surface area contributed by atoms with Gasteiger partial charge < -0.3 is 19.7 Å². The third-order valence-corrected chi connectivity index (χ3v) is 3.37. The van der Waals surface area contributed by atoms with Gasteiger partial charge in [-0.05, 0) is 26.0 Å². The second-order valence-corrected chi connectivity index (χ2v) is 5.08. The Morgan fingerprint density at radius 2 is 1.96 bits per heavy atom. The van der Waals surface area contributed by atoms with Crippen LogP contribution in [0.4, 0.5) is 5.69 Å². The maximum Gasteiger partial charge on any atom is 0.338 e. The van der Waals surface area contributed by atoms with Gasteiger partial charge in [0.1, 0.15) is 0 Å². The minimum Gasteiger partial charge on any atom is -0.477 e. The number of likely N-dealkylation sites (N-methyl/N-ethyl adjacent to an activating group) is 2. The molecule has 0 heterocycles. The van der Waals surface area contributed by atoms with Crippen molar-refractivity contribution < 1.29 is 28.8 Å². The lowest BCUT2D eigenvalue weighted by Crippen LogP contribution is -2.42. The van der Waals surface area contributed by atoms with Gasteiger partial charge in [-0.2, -0.15) is 0 Å². The Kier molecular flexibility index (Phi) is 8.00. The first kappa shape index (κ1) is 20.9. The summed E-state index contributed by atoms with van der Waals surface area (Å²) in [6.07, 6.45) is 0. The second-order valence-electron chi connectivity index (χ2n) is 5.08. The van der Waals surface area contributed by atoms with E-state index in [-0.39, 0.29) is 30.3 Å². The SMILES string of the molecule is CCNC(=O)CN(CC)C(=O)COc1ccc(C(=O)OC)cc1[N+](=O)[O-]. The Balaban J connectivity index is 2.84. The lowest BCUT2D eigenvalue weighted by atomic mass is 10.2. The number of nitro benzene ring substituents is 1. The molecule has 10 nitrogen and oxygen atoms in total. The van der Waals surface area contributed by atoms with Crippen molar-refractivity contribution >= 4 is 23.5 Å². The number of rotatable bonds is 9. The average molecular weight is 367 g/mol. The molecule has 0 saturated carbocycles. The number of nitrogens with zero attached hydrogens (tertiary/aromatic N) is 2. The summed E-state index contributed by atoms with van der Waals surface area (Å²) in [6.45, 7) is 3.57. The highest BCUT2D eigenvalue weighted by Gasteiger charge is 2.21. The van der Waals surface area contributed by atoms with E-state index < -0.39 is 29.1 Å². The van der Waals surface area contributed by atoms with E-state index in [1.807, 2.05) is 0 Å². The summed E-state index contributed by atoms with van der Waals surface area (Å²) in [7, 11) is 1.16. The molecule has 0 aliphatic carbocycles. The molecule has 0 bridgehead atoms. The Morgan fingerprint density at radius 1 is 1.27 bits per heavy atom. The van der Waals surface area contributed by atoms with E-state index in [2.05, 4.69) is 10.1 Å². The third kappa shape index (κ3) is 5.72. The summed E-state index contributed by atoms with van der Waals surface area (Å²) in [6, 6.07) is 3.53. The van der Waals surface area contributed by atoms with Crippen LogP contribution in [0.15, 0.2) is 18.2 Å². The van der Waals surface area contributed by atoms with Gasteiger partial charge in [-0.3, -0.25) is 19.7 Å². The van der Waals surface area contributed by atoms with Gasteiger partial charge >= 0.3 is 11.7 Å². The Morgan fingerprint density at radius 3 is 2.50 bits per heavy atom. The van der Waals surface area contributed by atoms with Crippen molar-refractivity contribution in [3.8, 4) is 5.75 Å². The average Bonchev–Trinajstić information content (AvgIpc) is 2.63. The molecule has 26 heavy (non-hydrogen) atoms. The summed E-state index contributed by atoms with van der Waals surface area (Å²) in [5.41, 5.74) is -0.475. The second kappa shape index (κ2) is 9.97. The van der Waals surface area contributed by atoms with Gasteiger partial charge in [-0.25, -0.2) is 4.79 Å². The fourth-order valence-electron chi connectivity index (χ4n) is 2.06. The van der Waals surface area contributed by atoms with E-state index in [1.165, 1.54) is 17.0 Å². The minimum absolute atomic E-state index is 0.00991. The van der Waals surface area contributed by atoms with Gasteiger partial charge in [0, 0.05) is 19.2 Å². The van der Waals surface area contributed by atoms with Crippen LogP contribution >= 0.6 is 0 Å². The zero-order valence-electron chi connectivity index (χ0n) is 14.8. The molecular weight excluding hydrogens is 346 g/mol.